The van der Waals surface area contributed by atoms with E-state index in [1.54, 1.807) is 21.7 Å². The summed E-state index contributed by atoms with van der Waals surface area (Å²) in [5, 5.41) is 9.93. The zero-order chi connectivity index (χ0) is 23.9. The lowest BCUT2D eigenvalue weighted by atomic mass is 10.0. The molecule has 4 rings (SSSR count). The topological polar surface area (TPSA) is 83.0 Å². The molecule has 0 spiro atoms. The van der Waals surface area contributed by atoms with E-state index in [-0.39, 0.29) is 17.9 Å². The molecule has 2 aromatic heterocycles. The number of rotatable bonds is 9. The molecule has 0 bridgehead atoms. The fourth-order valence-corrected chi connectivity index (χ4v) is 4.06. The Labute approximate surface area is 199 Å². The first kappa shape index (κ1) is 23.0. The molecule has 4 aromatic rings. The van der Waals surface area contributed by atoms with Gasteiger partial charge in [0.1, 0.15) is 5.69 Å². The minimum absolute atomic E-state index is 0.0592. The first-order valence-corrected chi connectivity index (χ1v) is 11.3. The fraction of sp³-hybridized carbons (Fsp3) is 0.222. The lowest BCUT2D eigenvalue weighted by molar-refractivity contribution is 0.0723. The van der Waals surface area contributed by atoms with Crippen molar-refractivity contribution in [2.24, 2.45) is 7.05 Å². The number of H-pyrrole nitrogens is 1. The fourth-order valence-electron chi connectivity index (χ4n) is 4.06. The maximum Gasteiger partial charge on any atom is 0.267 e. The first-order chi connectivity index (χ1) is 16.5. The third kappa shape index (κ3) is 5.43. The summed E-state index contributed by atoms with van der Waals surface area (Å²) in [6, 6.07) is 23.1. The number of nitrogens with zero attached hydrogens (tertiary/aromatic N) is 3. The van der Waals surface area contributed by atoms with Crippen LogP contribution >= 0.6 is 0 Å². The van der Waals surface area contributed by atoms with Gasteiger partial charge in [-0.15, -0.1) is 0 Å². The summed E-state index contributed by atoms with van der Waals surface area (Å²) in [7, 11) is 3.68. The van der Waals surface area contributed by atoms with Gasteiger partial charge in [0.2, 0.25) is 0 Å². The van der Waals surface area contributed by atoms with Crippen molar-refractivity contribution in [1.82, 2.24) is 25.0 Å². The molecule has 2 N–H and O–H groups in total. The summed E-state index contributed by atoms with van der Waals surface area (Å²) in [6.07, 6.45) is 4.86. The number of aryl methyl sites for hydroxylation is 1. The van der Waals surface area contributed by atoms with E-state index in [4.69, 9.17) is 0 Å². The molecule has 0 aliphatic heterocycles. The SMILES string of the molecule is CN(C(=O)c1cccc(-c2ccn[nH]2)c1)[C@H](CCNC(=O)c1cccn1C)Cc1ccccc1. The van der Waals surface area contributed by atoms with Crippen molar-refractivity contribution in [3.8, 4) is 11.3 Å². The smallest absolute Gasteiger partial charge is 0.267 e. The largest absolute Gasteiger partial charge is 0.351 e. The van der Waals surface area contributed by atoms with Gasteiger partial charge in [0, 0.05) is 50.2 Å². The molecule has 0 fully saturated rings. The van der Waals surface area contributed by atoms with E-state index < -0.39 is 0 Å². The van der Waals surface area contributed by atoms with Crippen LogP contribution in [-0.2, 0) is 13.5 Å². The molecule has 0 saturated carbocycles. The van der Waals surface area contributed by atoms with Crippen molar-refractivity contribution < 1.29 is 9.59 Å². The molecular weight excluding hydrogens is 426 g/mol. The standard InChI is InChI=1S/C27H29N5O2/c1-31-17-7-12-25(31)26(33)28-15-13-23(18-20-8-4-3-5-9-20)32(2)27(34)22-11-6-10-21(19-22)24-14-16-29-30-24/h3-12,14,16-17,19,23H,13,15,18H2,1-2H3,(H,28,33)(H,29,30)/t23-/m1/s1. The van der Waals surface area contributed by atoms with Gasteiger partial charge < -0.3 is 14.8 Å². The highest BCUT2D eigenvalue weighted by atomic mass is 16.2. The molecule has 0 saturated heterocycles. The van der Waals surface area contributed by atoms with Crippen LogP contribution in [0.5, 0.6) is 0 Å². The first-order valence-electron chi connectivity index (χ1n) is 11.3. The summed E-state index contributed by atoms with van der Waals surface area (Å²) < 4.78 is 1.79. The van der Waals surface area contributed by atoms with Crippen LogP contribution in [0.4, 0.5) is 0 Å². The predicted octanol–water partition coefficient (Wildman–Crippen LogP) is 3.92. The van der Waals surface area contributed by atoms with Gasteiger partial charge in [-0.3, -0.25) is 14.7 Å². The average molecular weight is 456 g/mol. The Morgan fingerprint density at radius 2 is 1.88 bits per heavy atom. The van der Waals surface area contributed by atoms with E-state index in [0.717, 1.165) is 16.8 Å². The molecular formula is C27H29N5O2. The second-order valence-corrected chi connectivity index (χ2v) is 8.36. The minimum atomic E-state index is -0.118. The van der Waals surface area contributed by atoms with Crippen LogP contribution in [0.3, 0.4) is 0 Å². The van der Waals surface area contributed by atoms with Crippen LogP contribution in [0.1, 0.15) is 32.8 Å². The van der Waals surface area contributed by atoms with E-state index in [1.807, 2.05) is 74.9 Å². The highest BCUT2D eigenvalue weighted by molar-refractivity contribution is 5.95. The van der Waals surface area contributed by atoms with E-state index in [0.29, 0.717) is 30.6 Å². The number of benzene rings is 2. The van der Waals surface area contributed by atoms with Crippen LogP contribution in [-0.4, -0.2) is 51.1 Å². The lowest BCUT2D eigenvalue weighted by Crippen LogP contribution is -2.41. The molecule has 2 aromatic carbocycles. The van der Waals surface area contributed by atoms with E-state index >= 15 is 0 Å². The van der Waals surface area contributed by atoms with Crippen LogP contribution in [0, 0.1) is 0 Å². The number of carbonyl (C=O) groups excluding carboxylic acids is 2. The molecule has 0 aliphatic carbocycles. The minimum Gasteiger partial charge on any atom is -0.351 e. The average Bonchev–Trinajstić information content (AvgIpc) is 3.55. The van der Waals surface area contributed by atoms with Crippen molar-refractivity contribution in [3.63, 3.8) is 0 Å². The van der Waals surface area contributed by atoms with Crippen molar-refractivity contribution >= 4 is 11.8 Å². The lowest BCUT2D eigenvalue weighted by Gasteiger charge is -2.29. The molecule has 0 unspecified atom stereocenters. The van der Waals surface area contributed by atoms with Gasteiger partial charge >= 0.3 is 0 Å². The number of hydrogen-bond acceptors (Lipinski definition) is 3. The molecule has 0 radical (unpaired) electrons. The Balaban J connectivity index is 1.48. The molecule has 2 heterocycles. The zero-order valence-corrected chi connectivity index (χ0v) is 19.4. The molecule has 7 heteroatoms. The summed E-state index contributed by atoms with van der Waals surface area (Å²) in [6.45, 7) is 0.466. The van der Waals surface area contributed by atoms with Gasteiger partial charge in [0.25, 0.3) is 11.8 Å². The third-order valence-corrected chi connectivity index (χ3v) is 6.04. The van der Waals surface area contributed by atoms with Crippen LogP contribution in [0.25, 0.3) is 11.3 Å². The summed E-state index contributed by atoms with van der Waals surface area (Å²) in [4.78, 5) is 27.7. The second-order valence-electron chi connectivity index (χ2n) is 8.36. The second kappa shape index (κ2) is 10.7. The summed E-state index contributed by atoms with van der Waals surface area (Å²) in [5.41, 5.74) is 4.14. The molecule has 2 amide bonds. The third-order valence-electron chi connectivity index (χ3n) is 6.04. The molecule has 1 atom stereocenters. The number of likely N-dealkylation sites (N-methyl/N-ethyl adjacent to an activating group) is 1. The normalized spacial score (nSPS) is 11.7. The van der Waals surface area contributed by atoms with E-state index in [9.17, 15) is 9.59 Å². The van der Waals surface area contributed by atoms with Gasteiger partial charge in [0.05, 0.1) is 5.69 Å². The monoisotopic (exact) mass is 455 g/mol. The molecule has 174 valence electrons. The Bertz CT molecular complexity index is 1230. The Morgan fingerprint density at radius 1 is 1.06 bits per heavy atom. The maximum absolute atomic E-state index is 13.4. The van der Waals surface area contributed by atoms with Crippen LogP contribution in [0.2, 0.25) is 0 Å². The van der Waals surface area contributed by atoms with Crippen molar-refractivity contribution in [2.75, 3.05) is 13.6 Å². The van der Waals surface area contributed by atoms with Gasteiger partial charge in [-0.2, -0.15) is 5.10 Å². The number of hydrogen-bond donors (Lipinski definition) is 2. The Morgan fingerprint density at radius 3 is 2.59 bits per heavy atom. The van der Waals surface area contributed by atoms with Crippen LogP contribution < -0.4 is 5.32 Å². The number of aromatic nitrogens is 3. The number of aromatic amines is 1. The van der Waals surface area contributed by atoms with Gasteiger partial charge in [-0.05, 0) is 48.7 Å². The molecule has 0 aliphatic rings. The highest BCUT2D eigenvalue weighted by Gasteiger charge is 2.22. The van der Waals surface area contributed by atoms with Crippen molar-refractivity contribution in [2.45, 2.75) is 18.9 Å². The Kier molecular flexibility index (Phi) is 7.22. The number of amides is 2. The summed E-state index contributed by atoms with van der Waals surface area (Å²) in [5.74, 6) is -0.178. The Hall–Kier alpha value is -4.13. The zero-order valence-electron chi connectivity index (χ0n) is 19.4. The van der Waals surface area contributed by atoms with Gasteiger partial charge in [0.15, 0.2) is 0 Å². The highest BCUT2D eigenvalue weighted by Crippen LogP contribution is 2.20. The van der Waals surface area contributed by atoms with Crippen molar-refractivity contribution in [3.05, 3.63) is 102 Å². The molecule has 34 heavy (non-hydrogen) atoms. The van der Waals surface area contributed by atoms with Gasteiger partial charge in [-0.1, -0.05) is 42.5 Å². The predicted molar refractivity (Wildman–Crippen MR) is 132 cm³/mol. The van der Waals surface area contributed by atoms with E-state index in [2.05, 4.69) is 27.6 Å². The molecule has 7 nitrogen and oxygen atoms in total. The maximum atomic E-state index is 13.4. The quantitative estimate of drug-likeness (QED) is 0.401. The van der Waals surface area contributed by atoms with Gasteiger partial charge in [-0.25, -0.2) is 0 Å². The van der Waals surface area contributed by atoms with E-state index in [1.165, 1.54) is 0 Å². The number of nitrogens with one attached hydrogen (secondary N) is 2. The number of carbonyl (C=O) groups is 2. The van der Waals surface area contributed by atoms with Crippen molar-refractivity contribution in [1.29, 1.82) is 0 Å². The van der Waals surface area contributed by atoms with Crippen LogP contribution in [0.15, 0.2) is 85.2 Å². The summed E-state index contributed by atoms with van der Waals surface area (Å²) >= 11 is 0.